The highest BCUT2D eigenvalue weighted by atomic mass is 16.5. The van der Waals surface area contributed by atoms with E-state index in [4.69, 9.17) is 4.74 Å². The topological polar surface area (TPSA) is 76.4 Å². The molecule has 4 aliphatic carbocycles. The number of nitrogens with zero attached hydrogens (tertiary/aromatic N) is 2. The Kier molecular flexibility index (Phi) is 5.04. The molecule has 1 aromatic carbocycles. The zero-order chi connectivity index (χ0) is 19.8. The van der Waals surface area contributed by atoms with E-state index in [0.717, 1.165) is 17.4 Å². The molecule has 4 bridgehead atoms. The molecule has 0 spiro atoms. The van der Waals surface area contributed by atoms with E-state index in [1.807, 2.05) is 30.3 Å². The Morgan fingerprint density at radius 2 is 1.79 bits per heavy atom. The maximum atomic E-state index is 13.2. The summed E-state index contributed by atoms with van der Waals surface area (Å²) in [6.45, 7) is 0.603. The quantitative estimate of drug-likeness (QED) is 0.756. The lowest BCUT2D eigenvalue weighted by Crippen LogP contribution is -2.55. The first-order chi connectivity index (χ1) is 14.2. The first kappa shape index (κ1) is 18.7. The zero-order valence-corrected chi connectivity index (χ0v) is 16.7. The first-order valence-electron chi connectivity index (χ1n) is 10.9. The molecule has 0 aliphatic heterocycles. The lowest BCUT2D eigenvalue weighted by atomic mass is 9.54. The van der Waals surface area contributed by atoms with Crippen molar-refractivity contribution in [2.24, 2.45) is 23.7 Å². The van der Waals surface area contributed by atoms with Crippen LogP contribution in [-0.2, 0) is 13.2 Å². The van der Waals surface area contributed by atoms with Crippen LogP contribution in [0.15, 0.2) is 36.5 Å². The summed E-state index contributed by atoms with van der Waals surface area (Å²) in [5.41, 5.74) is 1.49. The molecule has 2 N–H and O–H groups in total. The van der Waals surface area contributed by atoms with Gasteiger partial charge in [-0.15, -0.1) is 0 Å². The van der Waals surface area contributed by atoms with E-state index >= 15 is 0 Å². The average molecular weight is 396 g/mol. The summed E-state index contributed by atoms with van der Waals surface area (Å²) in [5.74, 6) is 3.33. The number of aliphatic hydroxyl groups is 1. The van der Waals surface area contributed by atoms with Gasteiger partial charge in [-0.05, 0) is 61.3 Å². The third-order valence-corrected chi connectivity index (χ3v) is 7.09. The van der Waals surface area contributed by atoms with Crippen LogP contribution < -0.4 is 10.1 Å². The van der Waals surface area contributed by atoms with E-state index in [1.165, 1.54) is 32.1 Å². The van der Waals surface area contributed by atoms with Crippen LogP contribution in [0.3, 0.4) is 0 Å². The molecule has 4 fully saturated rings. The molecule has 0 unspecified atom stereocenters. The average Bonchev–Trinajstić information content (AvgIpc) is 3.12. The van der Waals surface area contributed by atoms with E-state index in [2.05, 4.69) is 10.4 Å². The highest BCUT2D eigenvalue weighted by Crippen LogP contribution is 2.53. The van der Waals surface area contributed by atoms with Crippen molar-refractivity contribution in [1.82, 2.24) is 15.1 Å². The van der Waals surface area contributed by atoms with Gasteiger partial charge >= 0.3 is 0 Å². The molecule has 1 amide bonds. The Labute approximate surface area is 171 Å². The van der Waals surface area contributed by atoms with Crippen LogP contribution in [0.5, 0.6) is 5.88 Å². The van der Waals surface area contributed by atoms with Crippen LogP contribution in [0, 0.1) is 23.7 Å². The Morgan fingerprint density at radius 1 is 1.10 bits per heavy atom. The van der Waals surface area contributed by atoms with E-state index in [-0.39, 0.29) is 18.6 Å². The molecule has 0 atom stereocenters. The van der Waals surface area contributed by atoms with Crippen molar-refractivity contribution in [2.75, 3.05) is 6.61 Å². The number of aromatic nitrogens is 2. The highest BCUT2D eigenvalue weighted by Gasteiger charge is 2.48. The monoisotopic (exact) mass is 395 g/mol. The minimum Gasteiger partial charge on any atom is -0.472 e. The Morgan fingerprint density at radius 3 is 2.45 bits per heavy atom. The third kappa shape index (κ3) is 3.66. The van der Waals surface area contributed by atoms with Gasteiger partial charge in [-0.25, -0.2) is 4.68 Å². The van der Waals surface area contributed by atoms with Crippen molar-refractivity contribution in [3.63, 3.8) is 0 Å². The molecule has 1 aromatic heterocycles. The van der Waals surface area contributed by atoms with Crippen LogP contribution in [0.2, 0.25) is 0 Å². The Bertz CT molecular complexity index is 836. The molecule has 0 radical (unpaired) electrons. The van der Waals surface area contributed by atoms with Gasteiger partial charge in [-0.1, -0.05) is 30.3 Å². The zero-order valence-electron chi connectivity index (χ0n) is 16.7. The highest BCUT2D eigenvalue weighted by molar-refractivity contribution is 5.96. The normalized spacial score (nSPS) is 29.8. The second kappa shape index (κ2) is 7.82. The molecular weight excluding hydrogens is 366 g/mol. The molecule has 4 saturated carbocycles. The van der Waals surface area contributed by atoms with E-state index < -0.39 is 0 Å². The Hall–Kier alpha value is -2.34. The molecule has 0 saturated heterocycles. The van der Waals surface area contributed by atoms with Crippen molar-refractivity contribution < 1.29 is 14.6 Å². The molecule has 4 aliphatic rings. The number of ether oxygens (including phenoxy) is 1. The first-order valence-corrected chi connectivity index (χ1v) is 10.9. The number of benzene rings is 1. The predicted molar refractivity (Wildman–Crippen MR) is 108 cm³/mol. The van der Waals surface area contributed by atoms with Crippen molar-refractivity contribution >= 4 is 5.91 Å². The maximum absolute atomic E-state index is 13.2. The lowest BCUT2D eigenvalue weighted by Gasteiger charge is -2.54. The minimum atomic E-state index is -0.102. The fourth-order valence-electron chi connectivity index (χ4n) is 6.05. The number of hydrogen-bond acceptors (Lipinski definition) is 4. The smallest absolute Gasteiger partial charge is 0.258 e. The lowest BCUT2D eigenvalue weighted by molar-refractivity contribution is -0.0120. The van der Waals surface area contributed by atoms with Crippen LogP contribution in [-0.4, -0.2) is 33.4 Å². The Balaban J connectivity index is 1.32. The van der Waals surface area contributed by atoms with E-state index in [0.29, 0.717) is 36.4 Å². The summed E-state index contributed by atoms with van der Waals surface area (Å²) < 4.78 is 7.58. The number of amides is 1. The number of nitrogens with one attached hydrogen (secondary N) is 1. The molecule has 6 rings (SSSR count). The summed E-state index contributed by atoms with van der Waals surface area (Å²) >= 11 is 0. The van der Waals surface area contributed by atoms with Crippen molar-refractivity contribution in [3.8, 4) is 5.88 Å². The maximum Gasteiger partial charge on any atom is 0.258 e. The number of rotatable bonds is 7. The summed E-state index contributed by atoms with van der Waals surface area (Å²) in [5, 5.41) is 17.0. The minimum absolute atomic E-state index is 0.0556. The molecule has 154 valence electrons. The van der Waals surface area contributed by atoms with Crippen molar-refractivity contribution in [3.05, 3.63) is 47.7 Å². The number of carbonyl (C=O) groups excluding carboxylic acids is 1. The van der Waals surface area contributed by atoms with Gasteiger partial charge in [0.05, 0.1) is 19.3 Å². The van der Waals surface area contributed by atoms with Gasteiger partial charge in [-0.3, -0.25) is 4.79 Å². The number of hydrogen-bond donors (Lipinski definition) is 2. The van der Waals surface area contributed by atoms with Crippen LogP contribution in [0.25, 0.3) is 0 Å². The van der Waals surface area contributed by atoms with E-state index in [9.17, 15) is 9.90 Å². The number of aliphatic hydroxyl groups excluding tert-OH is 1. The molecule has 29 heavy (non-hydrogen) atoms. The number of carbonyl (C=O) groups is 1. The van der Waals surface area contributed by atoms with Crippen LogP contribution in [0.4, 0.5) is 0 Å². The van der Waals surface area contributed by atoms with Gasteiger partial charge in [0, 0.05) is 6.04 Å². The van der Waals surface area contributed by atoms with Crippen molar-refractivity contribution in [2.45, 2.75) is 51.3 Å². The molecular formula is C23H29N3O3. The standard InChI is InChI=1S/C23H29N3O3/c27-7-6-26-23(29-14-15-4-2-1-3-5-15)20(13-24-26)22(28)25-21-18-9-16-8-17(11-18)12-19(21)10-16/h1-5,13,16-19,21,27H,6-12,14H2,(H,25,28). The van der Waals surface area contributed by atoms with Gasteiger partial charge in [-0.2, -0.15) is 5.10 Å². The van der Waals surface area contributed by atoms with Crippen LogP contribution in [0.1, 0.15) is 48.0 Å². The van der Waals surface area contributed by atoms with Gasteiger partial charge in [0.1, 0.15) is 12.2 Å². The summed E-state index contributed by atoms with van der Waals surface area (Å²) in [4.78, 5) is 13.2. The summed E-state index contributed by atoms with van der Waals surface area (Å²) in [6.07, 6.45) is 8.02. The van der Waals surface area contributed by atoms with Gasteiger partial charge in [0.25, 0.3) is 5.91 Å². The van der Waals surface area contributed by atoms with Crippen LogP contribution >= 0.6 is 0 Å². The SMILES string of the molecule is O=C(NC1C2CC3CC(C2)CC1C3)c1cnn(CCO)c1OCc1ccccc1. The predicted octanol–water partition coefficient (Wildman–Crippen LogP) is 3.01. The fraction of sp³-hybridized carbons (Fsp3) is 0.565. The summed E-state index contributed by atoms with van der Waals surface area (Å²) in [6, 6.07) is 10.1. The molecule has 2 aromatic rings. The van der Waals surface area contributed by atoms with Gasteiger partial charge in [0.2, 0.25) is 5.88 Å². The third-order valence-electron chi connectivity index (χ3n) is 7.09. The fourth-order valence-corrected chi connectivity index (χ4v) is 6.05. The second-order valence-electron chi connectivity index (χ2n) is 9.01. The van der Waals surface area contributed by atoms with E-state index in [1.54, 1.807) is 10.9 Å². The summed E-state index contributed by atoms with van der Waals surface area (Å²) in [7, 11) is 0. The molecule has 6 nitrogen and oxygen atoms in total. The second-order valence-corrected chi connectivity index (χ2v) is 9.01. The van der Waals surface area contributed by atoms with Crippen molar-refractivity contribution in [1.29, 1.82) is 0 Å². The van der Waals surface area contributed by atoms with Gasteiger partial charge < -0.3 is 15.2 Å². The molecule has 6 heteroatoms. The largest absolute Gasteiger partial charge is 0.472 e. The van der Waals surface area contributed by atoms with Gasteiger partial charge in [0.15, 0.2) is 0 Å². The molecule has 1 heterocycles.